The number of ether oxygens (including phenoxy) is 1. The largest absolute Gasteiger partial charge is 0.485 e. The summed E-state index contributed by atoms with van der Waals surface area (Å²) in [5, 5.41) is 12.3. The molecule has 0 unspecified atom stereocenters. The molecule has 1 aromatic heterocycles. The Morgan fingerprint density at radius 3 is 2.56 bits per heavy atom. The highest BCUT2D eigenvalue weighted by molar-refractivity contribution is 7.99. The standard InChI is InChI=1S/C27H34N4O2S/c1-7-14-31-25(16-33-24-15-20(6)12-13-22(24)19(4)5)29-30-27(31)34-17-26(32)28-23-11-9-8-10-21(23)18(2)3/h7-13,15,18-19H,1,14,16-17H2,2-6H3,(H,28,32). The van der Waals surface area contributed by atoms with Crippen LogP contribution in [0, 0.1) is 6.92 Å². The molecule has 3 aromatic rings. The third-order valence-corrected chi connectivity index (χ3v) is 6.41. The van der Waals surface area contributed by atoms with Gasteiger partial charge in [-0.3, -0.25) is 9.36 Å². The molecule has 0 fully saturated rings. The number of anilines is 1. The van der Waals surface area contributed by atoms with Crippen molar-refractivity contribution in [1.29, 1.82) is 0 Å². The van der Waals surface area contributed by atoms with Crippen molar-refractivity contribution in [3.63, 3.8) is 0 Å². The van der Waals surface area contributed by atoms with Gasteiger partial charge in [-0.05, 0) is 47.6 Å². The highest BCUT2D eigenvalue weighted by Gasteiger charge is 2.16. The summed E-state index contributed by atoms with van der Waals surface area (Å²) in [5.41, 5.74) is 4.28. The predicted octanol–water partition coefficient (Wildman–Crippen LogP) is 6.33. The van der Waals surface area contributed by atoms with E-state index in [1.54, 1.807) is 6.08 Å². The molecule has 1 heterocycles. The van der Waals surface area contributed by atoms with Crippen LogP contribution in [-0.2, 0) is 17.9 Å². The molecule has 1 N–H and O–H groups in total. The van der Waals surface area contributed by atoms with E-state index in [1.807, 2.05) is 28.8 Å². The highest BCUT2D eigenvalue weighted by Crippen LogP contribution is 2.29. The molecular weight excluding hydrogens is 444 g/mol. The number of aromatic nitrogens is 3. The summed E-state index contributed by atoms with van der Waals surface area (Å²) in [6.45, 7) is 15.3. The first-order valence-electron chi connectivity index (χ1n) is 11.6. The first-order chi connectivity index (χ1) is 16.3. The van der Waals surface area contributed by atoms with Gasteiger partial charge in [-0.2, -0.15) is 0 Å². The zero-order chi connectivity index (χ0) is 24.7. The maximum atomic E-state index is 12.6. The van der Waals surface area contributed by atoms with Gasteiger partial charge in [0.1, 0.15) is 12.4 Å². The van der Waals surface area contributed by atoms with Crippen molar-refractivity contribution in [2.24, 2.45) is 0 Å². The third-order valence-electron chi connectivity index (χ3n) is 5.44. The van der Waals surface area contributed by atoms with Crippen LogP contribution in [0.15, 0.2) is 60.3 Å². The van der Waals surface area contributed by atoms with Gasteiger partial charge in [-0.25, -0.2) is 0 Å². The molecule has 0 aliphatic heterocycles. The predicted molar refractivity (Wildman–Crippen MR) is 140 cm³/mol. The lowest BCUT2D eigenvalue weighted by molar-refractivity contribution is -0.113. The normalized spacial score (nSPS) is 11.1. The zero-order valence-electron chi connectivity index (χ0n) is 20.7. The van der Waals surface area contributed by atoms with Crippen LogP contribution in [-0.4, -0.2) is 26.4 Å². The Balaban J connectivity index is 1.68. The summed E-state index contributed by atoms with van der Waals surface area (Å²) in [5.74, 6) is 2.40. The van der Waals surface area contributed by atoms with Crippen molar-refractivity contribution in [3.8, 4) is 5.75 Å². The summed E-state index contributed by atoms with van der Waals surface area (Å²) in [6, 6.07) is 14.2. The van der Waals surface area contributed by atoms with Crippen molar-refractivity contribution < 1.29 is 9.53 Å². The Kier molecular flexibility index (Phi) is 8.93. The van der Waals surface area contributed by atoms with Crippen molar-refractivity contribution in [3.05, 3.63) is 77.6 Å². The lowest BCUT2D eigenvalue weighted by Gasteiger charge is -2.15. The number of aryl methyl sites for hydroxylation is 1. The molecule has 2 aromatic carbocycles. The first kappa shape index (κ1) is 25.6. The zero-order valence-corrected chi connectivity index (χ0v) is 21.5. The number of benzene rings is 2. The SMILES string of the molecule is C=CCn1c(COc2cc(C)ccc2C(C)C)nnc1SCC(=O)Nc1ccccc1C(C)C. The lowest BCUT2D eigenvalue weighted by atomic mass is 10.0. The number of nitrogens with one attached hydrogen (secondary N) is 1. The highest BCUT2D eigenvalue weighted by atomic mass is 32.2. The summed E-state index contributed by atoms with van der Waals surface area (Å²) >= 11 is 1.36. The first-order valence-corrected chi connectivity index (χ1v) is 12.6. The Bertz CT molecular complexity index is 1140. The van der Waals surface area contributed by atoms with E-state index in [2.05, 4.69) is 74.9 Å². The number of para-hydroxylation sites is 1. The molecule has 0 saturated carbocycles. The van der Waals surface area contributed by atoms with Crippen molar-refractivity contribution in [1.82, 2.24) is 14.8 Å². The summed E-state index contributed by atoms with van der Waals surface area (Å²) < 4.78 is 8.10. The van der Waals surface area contributed by atoms with Gasteiger partial charge in [0.15, 0.2) is 11.0 Å². The van der Waals surface area contributed by atoms with E-state index in [4.69, 9.17) is 4.74 Å². The number of carbonyl (C=O) groups is 1. The van der Waals surface area contributed by atoms with E-state index in [-0.39, 0.29) is 11.7 Å². The fourth-order valence-corrected chi connectivity index (χ4v) is 4.43. The van der Waals surface area contributed by atoms with Crippen LogP contribution in [0.25, 0.3) is 0 Å². The van der Waals surface area contributed by atoms with Gasteiger partial charge in [-0.15, -0.1) is 16.8 Å². The third kappa shape index (κ3) is 6.50. The van der Waals surface area contributed by atoms with Gasteiger partial charge in [-0.1, -0.05) is 75.9 Å². The molecule has 6 nitrogen and oxygen atoms in total. The van der Waals surface area contributed by atoms with Gasteiger partial charge < -0.3 is 10.1 Å². The molecule has 0 saturated heterocycles. The maximum absolute atomic E-state index is 12.6. The number of hydrogen-bond donors (Lipinski definition) is 1. The Morgan fingerprint density at radius 2 is 1.85 bits per heavy atom. The smallest absolute Gasteiger partial charge is 0.234 e. The Labute approximate surface area is 206 Å². The van der Waals surface area contributed by atoms with Crippen LogP contribution in [0.3, 0.4) is 0 Å². The number of rotatable bonds is 11. The summed E-state index contributed by atoms with van der Waals surface area (Å²) in [4.78, 5) is 12.6. The van der Waals surface area contributed by atoms with Crippen molar-refractivity contribution in [2.45, 2.75) is 64.8 Å². The van der Waals surface area contributed by atoms with E-state index < -0.39 is 0 Å². The molecule has 0 atom stereocenters. The minimum Gasteiger partial charge on any atom is -0.485 e. The molecule has 0 bridgehead atoms. The second kappa shape index (κ2) is 11.9. The second-order valence-corrected chi connectivity index (χ2v) is 9.80. The van der Waals surface area contributed by atoms with Gasteiger partial charge >= 0.3 is 0 Å². The Hall–Kier alpha value is -3.06. The number of thioether (sulfide) groups is 1. The van der Waals surface area contributed by atoms with E-state index in [0.29, 0.717) is 36.0 Å². The number of nitrogens with zero attached hydrogens (tertiary/aromatic N) is 3. The van der Waals surface area contributed by atoms with Gasteiger partial charge in [0.2, 0.25) is 5.91 Å². The molecule has 3 rings (SSSR count). The number of allylic oxidation sites excluding steroid dienone is 1. The topological polar surface area (TPSA) is 69.0 Å². The van der Waals surface area contributed by atoms with Crippen molar-refractivity contribution in [2.75, 3.05) is 11.1 Å². The van der Waals surface area contributed by atoms with Crippen LogP contribution >= 0.6 is 11.8 Å². The Morgan fingerprint density at radius 1 is 1.12 bits per heavy atom. The molecular formula is C27H34N4O2S. The molecule has 0 spiro atoms. The number of carbonyl (C=O) groups excluding carboxylic acids is 1. The minimum absolute atomic E-state index is 0.0783. The fourth-order valence-electron chi connectivity index (χ4n) is 3.66. The molecule has 34 heavy (non-hydrogen) atoms. The van der Waals surface area contributed by atoms with Crippen LogP contribution in [0.5, 0.6) is 5.75 Å². The second-order valence-electron chi connectivity index (χ2n) is 8.86. The molecule has 180 valence electrons. The van der Waals surface area contributed by atoms with Crippen LogP contribution in [0.2, 0.25) is 0 Å². The van der Waals surface area contributed by atoms with E-state index in [0.717, 1.165) is 28.1 Å². The summed E-state index contributed by atoms with van der Waals surface area (Å²) in [6.07, 6.45) is 1.79. The van der Waals surface area contributed by atoms with Gasteiger partial charge in [0.25, 0.3) is 0 Å². The quantitative estimate of drug-likeness (QED) is 0.258. The summed E-state index contributed by atoms with van der Waals surface area (Å²) in [7, 11) is 0. The fraction of sp³-hybridized carbons (Fsp3) is 0.370. The maximum Gasteiger partial charge on any atom is 0.234 e. The van der Waals surface area contributed by atoms with E-state index >= 15 is 0 Å². The number of amides is 1. The molecule has 0 radical (unpaired) electrons. The van der Waals surface area contributed by atoms with E-state index in [9.17, 15) is 4.79 Å². The van der Waals surface area contributed by atoms with Crippen LogP contribution in [0.4, 0.5) is 5.69 Å². The van der Waals surface area contributed by atoms with Crippen molar-refractivity contribution >= 4 is 23.4 Å². The number of hydrogen-bond acceptors (Lipinski definition) is 5. The minimum atomic E-state index is -0.0783. The average Bonchev–Trinajstić information content (AvgIpc) is 3.18. The van der Waals surface area contributed by atoms with Gasteiger partial charge in [0.05, 0.1) is 5.75 Å². The lowest BCUT2D eigenvalue weighted by Crippen LogP contribution is -2.16. The monoisotopic (exact) mass is 478 g/mol. The van der Waals surface area contributed by atoms with Crippen LogP contribution in [0.1, 0.15) is 62.0 Å². The van der Waals surface area contributed by atoms with Crippen LogP contribution < -0.4 is 10.1 Å². The van der Waals surface area contributed by atoms with E-state index in [1.165, 1.54) is 11.8 Å². The molecule has 0 aliphatic rings. The average molecular weight is 479 g/mol. The molecule has 0 aliphatic carbocycles. The van der Waals surface area contributed by atoms with Gasteiger partial charge in [0, 0.05) is 12.2 Å². The molecule has 7 heteroatoms. The molecule has 1 amide bonds.